The van der Waals surface area contributed by atoms with Crippen LogP contribution < -0.4 is 10.1 Å². The number of esters is 1. The lowest BCUT2D eigenvalue weighted by Crippen LogP contribution is -2.09. The van der Waals surface area contributed by atoms with Gasteiger partial charge in [0.15, 0.2) is 0 Å². The van der Waals surface area contributed by atoms with Crippen LogP contribution in [-0.4, -0.2) is 19.0 Å². The van der Waals surface area contributed by atoms with E-state index in [4.69, 9.17) is 9.47 Å². The lowest BCUT2D eigenvalue weighted by atomic mass is 9.90. The summed E-state index contributed by atoms with van der Waals surface area (Å²) in [6.45, 7) is 0.916. The molecule has 0 spiro atoms. The van der Waals surface area contributed by atoms with E-state index in [1.165, 1.54) is 26.2 Å². The normalized spacial score (nSPS) is 11.2. The van der Waals surface area contributed by atoms with Crippen LogP contribution in [0.25, 0.3) is 22.3 Å². The van der Waals surface area contributed by atoms with Gasteiger partial charge in [-0.3, -0.25) is 4.79 Å². The number of hydrogen-bond donors (Lipinski definition) is 1. The van der Waals surface area contributed by atoms with Crippen LogP contribution in [-0.2, 0) is 22.3 Å². The summed E-state index contributed by atoms with van der Waals surface area (Å²) in [6.07, 6.45) is -4.68. The van der Waals surface area contributed by atoms with Crippen molar-refractivity contribution in [3.05, 3.63) is 107 Å². The molecule has 4 aromatic rings. The molecule has 0 aliphatic rings. The molecule has 0 heterocycles. The largest absolute Gasteiger partial charge is 0.488 e. The number of ether oxygens (including phenoxy) is 2. The van der Waals surface area contributed by atoms with Gasteiger partial charge in [-0.25, -0.2) is 13.6 Å². The SMILES string of the molecule is COC(=O)c1cc(NC(C)=O)ccc1-c1ccccc1-c1cc(C(F)(F)F)ccc1OCc1ccc(F)cc1F. The standard InChI is InChI=1S/C30H22F5NO4/c1-17(37)36-21-10-11-24(26(15-21)29(38)39-2)22-5-3-4-6-23(22)25-13-19(30(33,34)35)8-12-28(25)40-16-18-7-9-20(31)14-27(18)32/h3-15H,16H2,1-2H3,(H,36,37). The number of alkyl halides is 3. The van der Waals surface area contributed by atoms with Crippen LogP contribution in [0.2, 0.25) is 0 Å². The summed E-state index contributed by atoms with van der Waals surface area (Å²) in [6, 6.07) is 16.7. The maximum atomic E-state index is 14.2. The molecule has 4 aromatic carbocycles. The molecule has 0 aliphatic carbocycles. The molecular weight excluding hydrogens is 533 g/mol. The van der Waals surface area contributed by atoms with Crippen molar-refractivity contribution in [3.8, 4) is 28.0 Å². The Hall–Kier alpha value is -4.73. The maximum absolute atomic E-state index is 14.2. The van der Waals surface area contributed by atoms with E-state index in [0.717, 1.165) is 24.3 Å². The van der Waals surface area contributed by atoms with Gasteiger partial charge < -0.3 is 14.8 Å². The van der Waals surface area contributed by atoms with Crippen LogP contribution in [0.15, 0.2) is 78.9 Å². The van der Waals surface area contributed by atoms with Gasteiger partial charge in [0.25, 0.3) is 0 Å². The summed E-state index contributed by atoms with van der Waals surface area (Å²) in [7, 11) is 1.18. The number of anilines is 1. The Kier molecular flexibility index (Phi) is 8.18. The minimum absolute atomic E-state index is 0.00124. The second kappa shape index (κ2) is 11.6. The number of hydrogen-bond acceptors (Lipinski definition) is 4. The average Bonchev–Trinajstić information content (AvgIpc) is 2.91. The lowest BCUT2D eigenvalue weighted by Gasteiger charge is -2.19. The quantitative estimate of drug-likeness (QED) is 0.188. The van der Waals surface area contributed by atoms with Gasteiger partial charge in [-0.2, -0.15) is 13.2 Å². The number of halogens is 5. The first-order chi connectivity index (χ1) is 19.0. The third-order valence-corrected chi connectivity index (χ3v) is 5.96. The lowest BCUT2D eigenvalue weighted by molar-refractivity contribution is -0.137. The van der Waals surface area contributed by atoms with Gasteiger partial charge in [-0.15, -0.1) is 0 Å². The highest BCUT2D eigenvalue weighted by atomic mass is 19.4. The Balaban J connectivity index is 1.87. The Morgan fingerprint density at radius 2 is 1.52 bits per heavy atom. The number of carbonyl (C=O) groups excluding carboxylic acids is 2. The van der Waals surface area contributed by atoms with E-state index in [1.54, 1.807) is 36.4 Å². The van der Waals surface area contributed by atoms with Crippen molar-refractivity contribution in [2.45, 2.75) is 19.7 Å². The molecule has 0 fully saturated rings. The minimum atomic E-state index is -4.68. The van der Waals surface area contributed by atoms with Gasteiger partial charge in [0.05, 0.1) is 18.2 Å². The average molecular weight is 555 g/mol. The van der Waals surface area contributed by atoms with Gasteiger partial charge in [-0.05, 0) is 59.2 Å². The molecule has 0 radical (unpaired) electrons. The zero-order valence-electron chi connectivity index (χ0n) is 21.2. The van der Waals surface area contributed by atoms with Crippen LogP contribution in [0.4, 0.5) is 27.6 Å². The van der Waals surface area contributed by atoms with E-state index >= 15 is 0 Å². The first kappa shape index (κ1) is 28.3. The van der Waals surface area contributed by atoms with Gasteiger partial charge >= 0.3 is 12.1 Å². The summed E-state index contributed by atoms with van der Waals surface area (Å²) in [4.78, 5) is 24.2. The number of methoxy groups -OCH3 is 1. The van der Waals surface area contributed by atoms with E-state index in [0.29, 0.717) is 22.9 Å². The molecule has 4 rings (SSSR count). The van der Waals surface area contributed by atoms with E-state index < -0.39 is 29.3 Å². The van der Waals surface area contributed by atoms with Crippen LogP contribution in [0.5, 0.6) is 5.75 Å². The van der Waals surface area contributed by atoms with Gasteiger partial charge in [0.2, 0.25) is 5.91 Å². The number of benzene rings is 4. The maximum Gasteiger partial charge on any atom is 0.416 e. The first-order valence-corrected chi connectivity index (χ1v) is 11.9. The molecule has 10 heteroatoms. The van der Waals surface area contributed by atoms with Crippen LogP contribution in [0.3, 0.4) is 0 Å². The summed E-state index contributed by atoms with van der Waals surface area (Å²) in [5.74, 6) is -2.75. The molecule has 0 atom stereocenters. The Bertz CT molecular complexity index is 1580. The molecule has 206 valence electrons. The number of amides is 1. The van der Waals surface area contributed by atoms with Crippen molar-refractivity contribution in [3.63, 3.8) is 0 Å². The summed E-state index contributed by atoms with van der Waals surface area (Å²) >= 11 is 0. The van der Waals surface area contributed by atoms with Crippen molar-refractivity contribution >= 4 is 17.6 Å². The Labute approximate surface area is 226 Å². The molecular formula is C30H22F5NO4. The van der Waals surface area contributed by atoms with E-state index in [-0.39, 0.29) is 40.5 Å². The van der Waals surface area contributed by atoms with Crippen molar-refractivity contribution < 1.29 is 41.0 Å². The zero-order valence-corrected chi connectivity index (χ0v) is 21.2. The van der Waals surface area contributed by atoms with Crippen LogP contribution >= 0.6 is 0 Å². The van der Waals surface area contributed by atoms with Crippen molar-refractivity contribution in [1.29, 1.82) is 0 Å². The molecule has 5 nitrogen and oxygen atoms in total. The number of nitrogens with one attached hydrogen (secondary N) is 1. The van der Waals surface area contributed by atoms with E-state index in [9.17, 15) is 31.5 Å². The fourth-order valence-electron chi connectivity index (χ4n) is 4.13. The van der Waals surface area contributed by atoms with Gasteiger partial charge in [0.1, 0.15) is 24.0 Å². The highest BCUT2D eigenvalue weighted by Crippen LogP contribution is 2.42. The van der Waals surface area contributed by atoms with E-state index in [1.807, 2.05) is 0 Å². The molecule has 0 bridgehead atoms. The predicted octanol–water partition coefficient (Wildman–Crippen LogP) is 7.64. The molecule has 40 heavy (non-hydrogen) atoms. The molecule has 0 unspecified atom stereocenters. The topological polar surface area (TPSA) is 64.6 Å². The molecule has 0 aromatic heterocycles. The monoisotopic (exact) mass is 555 g/mol. The molecule has 0 saturated carbocycles. The molecule has 0 saturated heterocycles. The summed E-state index contributed by atoms with van der Waals surface area (Å²) in [5.41, 5.74) is 0.422. The molecule has 1 amide bonds. The highest BCUT2D eigenvalue weighted by Gasteiger charge is 2.32. The second-order valence-corrected chi connectivity index (χ2v) is 8.71. The smallest absolute Gasteiger partial charge is 0.416 e. The van der Waals surface area contributed by atoms with E-state index in [2.05, 4.69) is 5.32 Å². The van der Waals surface area contributed by atoms with Gasteiger partial charge in [-0.1, -0.05) is 30.3 Å². The first-order valence-electron chi connectivity index (χ1n) is 11.9. The summed E-state index contributed by atoms with van der Waals surface area (Å²) < 4.78 is 79.4. The Morgan fingerprint density at radius 3 is 2.15 bits per heavy atom. The molecule has 1 N–H and O–H groups in total. The number of carbonyl (C=O) groups is 2. The van der Waals surface area contributed by atoms with Crippen LogP contribution in [0, 0.1) is 11.6 Å². The molecule has 0 aliphatic heterocycles. The van der Waals surface area contributed by atoms with Crippen LogP contribution in [0.1, 0.15) is 28.4 Å². The third kappa shape index (κ3) is 6.28. The zero-order chi connectivity index (χ0) is 29.0. The van der Waals surface area contributed by atoms with Crippen molar-refractivity contribution in [1.82, 2.24) is 0 Å². The third-order valence-electron chi connectivity index (χ3n) is 5.96. The van der Waals surface area contributed by atoms with Crippen molar-refractivity contribution in [2.75, 3.05) is 12.4 Å². The minimum Gasteiger partial charge on any atom is -0.488 e. The predicted molar refractivity (Wildman–Crippen MR) is 139 cm³/mol. The number of rotatable bonds is 7. The fourth-order valence-corrected chi connectivity index (χ4v) is 4.13. The fraction of sp³-hybridized carbons (Fsp3) is 0.133. The highest BCUT2D eigenvalue weighted by molar-refractivity contribution is 6.02. The Morgan fingerprint density at radius 1 is 0.825 bits per heavy atom. The second-order valence-electron chi connectivity index (χ2n) is 8.71. The summed E-state index contributed by atoms with van der Waals surface area (Å²) in [5, 5.41) is 2.58. The van der Waals surface area contributed by atoms with Crippen molar-refractivity contribution in [2.24, 2.45) is 0 Å². The van der Waals surface area contributed by atoms with Gasteiger partial charge in [0, 0.05) is 29.8 Å².